The Hall–Kier alpha value is -3.46. The Kier molecular flexibility index (Phi) is 8.59. The number of hydrogen-bond donors (Lipinski definition) is 0. The van der Waals surface area contributed by atoms with E-state index < -0.39 is 17.3 Å². The van der Waals surface area contributed by atoms with Crippen molar-refractivity contribution in [1.29, 1.82) is 0 Å². The predicted molar refractivity (Wildman–Crippen MR) is 123 cm³/mol. The summed E-state index contributed by atoms with van der Waals surface area (Å²) in [6.45, 7) is 0.826. The number of anilines is 1. The van der Waals surface area contributed by atoms with Crippen LogP contribution < -0.4 is 19.1 Å². The molecule has 3 rings (SSSR count). The molecule has 0 amide bonds. The number of ether oxygens (including phenoxy) is 3. The number of alkyl halides is 1. The molecule has 6 nitrogen and oxygen atoms in total. The molecule has 0 bridgehead atoms. The lowest BCUT2D eigenvalue weighted by Gasteiger charge is -2.24. The molecule has 0 aliphatic carbocycles. The van der Waals surface area contributed by atoms with Crippen molar-refractivity contribution in [2.45, 2.75) is 18.5 Å². The number of hydrogen-bond acceptors (Lipinski definition) is 6. The monoisotopic (exact) mass is 493 g/mol. The van der Waals surface area contributed by atoms with Gasteiger partial charge in [-0.3, -0.25) is 0 Å². The minimum atomic E-state index is -2.51. The summed E-state index contributed by atoms with van der Waals surface area (Å²) in [6, 6.07) is 15.0. The third kappa shape index (κ3) is 6.11. The van der Waals surface area contributed by atoms with Crippen molar-refractivity contribution in [3.8, 4) is 17.4 Å². The van der Waals surface area contributed by atoms with Gasteiger partial charge < -0.3 is 19.1 Å². The van der Waals surface area contributed by atoms with Crippen LogP contribution >= 0.6 is 11.6 Å². The Bertz CT molecular complexity index is 1080. The van der Waals surface area contributed by atoms with E-state index in [1.165, 1.54) is 13.3 Å². The molecule has 0 fully saturated rings. The summed E-state index contributed by atoms with van der Waals surface area (Å²) in [5.41, 5.74) is 1.79. The first kappa shape index (κ1) is 25.2. The summed E-state index contributed by atoms with van der Waals surface area (Å²) >= 11 is 5.87. The third-order valence-corrected chi connectivity index (χ3v) is 5.41. The summed E-state index contributed by atoms with van der Waals surface area (Å²) in [5.74, 6) is -0.186. The average molecular weight is 494 g/mol. The minimum absolute atomic E-state index is 0.101. The maximum Gasteiger partial charge on any atom is 0.303 e. The molecule has 0 N–H and O–H groups in total. The fourth-order valence-corrected chi connectivity index (χ4v) is 3.42. The summed E-state index contributed by atoms with van der Waals surface area (Å²) in [5, 5.41) is -1.77. The van der Waals surface area contributed by atoms with E-state index in [1.54, 1.807) is 14.2 Å². The number of rotatable bonds is 10. The highest BCUT2D eigenvalue weighted by molar-refractivity contribution is 6.22. The number of halogens is 4. The molecule has 10 heteroatoms. The van der Waals surface area contributed by atoms with Crippen molar-refractivity contribution in [2.24, 2.45) is 0 Å². The van der Waals surface area contributed by atoms with Crippen molar-refractivity contribution in [3.63, 3.8) is 0 Å². The van der Waals surface area contributed by atoms with E-state index in [2.05, 4.69) is 9.97 Å². The fourth-order valence-electron chi connectivity index (χ4n) is 3.19. The van der Waals surface area contributed by atoms with E-state index >= 15 is 0 Å². The highest BCUT2D eigenvalue weighted by Crippen LogP contribution is 2.37. The SMILES string of the molecule is COc1ccc(CN(Cc2ccc(OC)cc2)c2ncc(C(Cl)C(F)=C(F)F)c(OC)n2)cc1. The Balaban J connectivity index is 1.97. The van der Waals surface area contributed by atoms with Gasteiger partial charge in [-0.15, -0.1) is 11.6 Å². The van der Waals surface area contributed by atoms with Crippen molar-refractivity contribution in [2.75, 3.05) is 26.2 Å². The third-order valence-electron chi connectivity index (χ3n) is 4.98. The highest BCUT2D eigenvalue weighted by atomic mass is 35.5. The largest absolute Gasteiger partial charge is 0.497 e. The van der Waals surface area contributed by atoms with Crippen molar-refractivity contribution in [1.82, 2.24) is 9.97 Å². The van der Waals surface area contributed by atoms with Gasteiger partial charge in [0.25, 0.3) is 0 Å². The van der Waals surface area contributed by atoms with Crippen LogP contribution in [0.25, 0.3) is 0 Å². The van der Waals surface area contributed by atoms with Crippen molar-refractivity contribution < 1.29 is 27.4 Å². The molecule has 0 spiro atoms. The van der Waals surface area contributed by atoms with E-state index in [4.69, 9.17) is 25.8 Å². The molecule has 0 radical (unpaired) electrons. The Labute approximate surface area is 200 Å². The topological polar surface area (TPSA) is 56.7 Å². The summed E-state index contributed by atoms with van der Waals surface area (Å²) in [6.07, 6.45) is -1.32. The standard InChI is InChI=1S/C24H23ClF3N3O3/c1-32-17-8-4-15(5-9-17)13-31(14-16-6-10-18(33-2)11-7-16)24-29-12-19(23(30-24)34-3)20(25)21(26)22(27)28/h4-12,20H,13-14H2,1-3H3. The number of aromatic nitrogens is 2. The second-order valence-corrected chi connectivity index (χ2v) is 7.59. The summed E-state index contributed by atoms with van der Waals surface area (Å²) < 4.78 is 54.8. The predicted octanol–water partition coefficient (Wildman–Crippen LogP) is 6.07. The van der Waals surface area contributed by atoms with Crippen molar-refractivity contribution in [3.05, 3.63) is 83.3 Å². The zero-order chi connectivity index (χ0) is 24.7. The second-order valence-electron chi connectivity index (χ2n) is 7.16. The van der Waals surface area contributed by atoms with Crippen LogP contribution in [0.1, 0.15) is 22.1 Å². The lowest BCUT2D eigenvalue weighted by atomic mass is 10.1. The quantitative estimate of drug-likeness (QED) is 0.320. The minimum Gasteiger partial charge on any atom is -0.497 e. The van der Waals surface area contributed by atoms with Gasteiger partial charge in [-0.2, -0.15) is 13.8 Å². The van der Waals surface area contributed by atoms with Gasteiger partial charge in [0.2, 0.25) is 11.8 Å². The zero-order valence-electron chi connectivity index (χ0n) is 18.8. The van der Waals surface area contributed by atoms with Gasteiger partial charge in [0.1, 0.15) is 16.9 Å². The molecule has 0 aliphatic rings. The summed E-state index contributed by atoms with van der Waals surface area (Å²) in [7, 11) is 4.47. The van der Waals surface area contributed by atoms with Crippen LogP contribution in [0.15, 0.2) is 66.6 Å². The average Bonchev–Trinajstić information content (AvgIpc) is 2.87. The van der Waals surface area contributed by atoms with Gasteiger partial charge in [-0.05, 0) is 35.4 Å². The highest BCUT2D eigenvalue weighted by Gasteiger charge is 2.25. The van der Waals surface area contributed by atoms with Gasteiger partial charge in [0.05, 0.1) is 26.9 Å². The smallest absolute Gasteiger partial charge is 0.303 e. The number of nitrogens with zero attached hydrogens (tertiary/aromatic N) is 3. The van der Waals surface area contributed by atoms with E-state index in [1.807, 2.05) is 53.4 Å². The maximum atomic E-state index is 13.7. The fraction of sp³-hybridized carbons (Fsp3) is 0.250. The molecule has 1 heterocycles. The first-order valence-electron chi connectivity index (χ1n) is 10.1. The second kappa shape index (κ2) is 11.6. The molecular formula is C24H23ClF3N3O3. The molecule has 1 atom stereocenters. The molecule has 180 valence electrons. The molecule has 1 aromatic heterocycles. The van der Waals surface area contributed by atoms with Gasteiger partial charge in [0, 0.05) is 19.3 Å². The molecule has 0 aliphatic heterocycles. The summed E-state index contributed by atoms with van der Waals surface area (Å²) in [4.78, 5) is 10.5. The van der Waals surface area contributed by atoms with Gasteiger partial charge >= 0.3 is 6.08 Å². The van der Waals surface area contributed by atoms with Crippen LogP contribution in [0.4, 0.5) is 19.1 Å². The van der Waals surface area contributed by atoms with E-state index in [0.29, 0.717) is 13.1 Å². The van der Waals surface area contributed by atoms with Crippen LogP contribution in [-0.2, 0) is 13.1 Å². The number of allylic oxidation sites excluding steroid dienone is 1. The normalized spacial score (nSPS) is 11.5. The van der Waals surface area contributed by atoms with Gasteiger partial charge in [-0.25, -0.2) is 9.37 Å². The first-order valence-corrected chi connectivity index (χ1v) is 10.6. The van der Waals surface area contributed by atoms with Crippen LogP contribution in [-0.4, -0.2) is 31.3 Å². The first-order chi connectivity index (χ1) is 16.4. The van der Waals surface area contributed by atoms with Crippen LogP contribution in [0, 0.1) is 0 Å². The van der Waals surface area contributed by atoms with Crippen LogP contribution in [0.2, 0.25) is 0 Å². The molecule has 3 aromatic rings. The van der Waals surface area contributed by atoms with Gasteiger partial charge in [-0.1, -0.05) is 24.3 Å². The van der Waals surface area contributed by atoms with E-state index in [-0.39, 0.29) is 17.4 Å². The molecule has 0 saturated heterocycles. The maximum absolute atomic E-state index is 13.7. The lowest BCUT2D eigenvalue weighted by molar-refractivity contribution is 0.366. The number of methoxy groups -OCH3 is 3. The Morgan fingerprint density at radius 1 is 0.853 bits per heavy atom. The molecule has 0 saturated carbocycles. The van der Waals surface area contributed by atoms with Gasteiger partial charge in [0.15, 0.2) is 5.83 Å². The van der Waals surface area contributed by atoms with Crippen LogP contribution in [0.5, 0.6) is 17.4 Å². The lowest BCUT2D eigenvalue weighted by Crippen LogP contribution is -2.24. The molecule has 2 aromatic carbocycles. The van der Waals surface area contributed by atoms with E-state index in [0.717, 1.165) is 22.6 Å². The molecule has 1 unspecified atom stereocenters. The Morgan fingerprint density at radius 2 is 1.35 bits per heavy atom. The zero-order valence-corrected chi connectivity index (χ0v) is 19.5. The van der Waals surface area contributed by atoms with E-state index in [9.17, 15) is 13.2 Å². The van der Waals surface area contributed by atoms with Crippen LogP contribution in [0.3, 0.4) is 0 Å². The molecular weight excluding hydrogens is 471 g/mol. The Morgan fingerprint density at radius 3 is 1.76 bits per heavy atom. The number of benzene rings is 2. The van der Waals surface area contributed by atoms with Crippen molar-refractivity contribution >= 4 is 17.5 Å². The molecule has 34 heavy (non-hydrogen) atoms.